The number of carbonyl (C=O) groups is 1. The second-order valence-electron chi connectivity index (χ2n) is 7.87. The molecule has 1 N–H and O–H groups in total. The average Bonchev–Trinajstić information content (AvgIpc) is 2.79. The first-order valence-corrected chi connectivity index (χ1v) is 12.0. The SMILES string of the molecule is CCCCCCCCCC=CCCCNc1ccc(C(=O)Oc2ccc(Cl)cc2)cc1. The topological polar surface area (TPSA) is 38.3 Å². The highest BCUT2D eigenvalue weighted by molar-refractivity contribution is 6.30. The molecule has 0 radical (unpaired) electrons. The lowest BCUT2D eigenvalue weighted by molar-refractivity contribution is 0.0735. The van der Waals surface area contributed by atoms with Crippen LogP contribution in [0.1, 0.15) is 81.5 Å². The lowest BCUT2D eigenvalue weighted by Crippen LogP contribution is -2.08. The molecule has 0 saturated carbocycles. The molecule has 0 amide bonds. The summed E-state index contributed by atoms with van der Waals surface area (Å²) in [5.41, 5.74) is 1.53. The highest BCUT2D eigenvalue weighted by Gasteiger charge is 2.08. The molecule has 2 aromatic carbocycles. The van der Waals surface area contributed by atoms with Gasteiger partial charge in [-0.3, -0.25) is 0 Å². The Labute approximate surface area is 192 Å². The summed E-state index contributed by atoms with van der Waals surface area (Å²) in [4.78, 5) is 12.2. The van der Waals surface area contributed by atoms with Crippen molar-refractivity contribution in [3.05, 3.63) is 71.3 Å². The molecule has 0 bridgehead atoms. The molecule has 3 nitrogen and oxygen atoms in total. The third-order valence-corrected chi connectivity index (χ3v) is 5.41. The highest BCUT2D eigenvalue weighted by atomic mass is 35.5. The van der Waals surface area contributed by atoms with E-state index in [2.05, 4.69) is 24.4 Å². The molecule has 0 aliphatic rings. The van der Waals surface area contributed by atoms with Gasteiger partial charge in [0, 0.05) is 17.3 Å². The number of esters is 1. The fourth-order valence-electron chi connectivity index (χ4n) is 3.30. The molecule has 0 fully saturated rings. The summed E-state index contributed by atoms with van der Waals surface area (Å²) in [6.07, 6.45) is 17.6. The second-order valence-corrected chi connectivity index (χ2v) is 8.31. The smallest absolute Gasteiger partial charge is 0.343 e. The van der Waals surface area contributed by atoms with Crippen LogP contribution < -0.4 is 10.1 Å². The van der Waals surface area contributed by atoms with Crippen molar-refractivity contribution in [3.63, 3.8) is 0 Å². The monoisotopic (exact) mass is 441 g/mol. The number of halogens is 1. The Morgan fingerprint density at radius 2 is 1.45 bits per heavy atom. The fraction of sp³-hybridized carbons (Fsp3) is 0.444. The number of carbonyl (C=O) groups excluding carboxylic acids is 1. The van der Waals surface area contributed by atoms with E-state index in [9.17, 15) is 4.79 Å². The van der Waals surface area contributed by atoms with E-state index in [1.807, 2.05) is 12.1 Å². The van der Waals surface area contributed by atoms with E-state index in [4.69, 9.17) is 16.3 Å². The van der Waals surface area contributed by atoms with Crippen molar-refractivity contribution < 1.29 is 9.53 Å². The Bertz CT molecular complexity index is 769. The van der Waals surface area contributed by atoms with Gasteiger partial charge in [-0.1, -0.05) is 69.2 Å². The maximum Gasteiger partial charge on any atom is 0.343 e. The molecule has 31 heavy (non-hydrogen) atoms. The number of unbranched alkanes of at least 4 members (excludes halogenated alkanes) is 8. The van der Waals surface area contributed by atoms with E-state index >= 15 is 0 Å². The van der Waals surface area contributed by atoms with Crippen LogP contribution in [0.15, 0.2) is 60.7 Å². The third kappa shape index (κ3) is 11.1. The summed E-state index contributed by atoms with van der Waals surface area (Å²) < 4.78 is 5.35. The van der Waals surface area contributed by atoms with E-state index < -0.39 is 0 Å². The van der Waals surface area contributed by atoms with Crippen molar-refractivity contribution in [2.24, 2.45) is 0 Å². The Balaban J connectivity index is 1.55. The molecule has 4 heteroatoms. The first-order valence-electron chi connectivity index (χ1n) is 11.7. The average molecular weight is 442 g/mol. The van der Waals surface area contributed by atoms with Crippen LogP contribution in [-0.2, 0) is 0 Å². The molecule has 168 valence electrons. The Hall–Kier alpha value is -2.26. The number of hydrogen-bond acceptors (Lipinski definition) is 3. The Morgan fingerprint density at radius 3 is 2.13 bits per heavy atom. The summed E-state index contributed by atoms with van der Waals surface area (Å²) >= 11 is 5.84. The van der Waals surface area contributed by atoms with Crippen LogP contribution in [0.5, 0.6) is 5.75 Å². The molecular formula is C27H36ClNO2. The van der Waals surface area contributed by atoms with Crippen molar-refractivity contribution in [2.45, 2.75) is 71.1 Å². The van der Waals surface area contributed by atoms with Crippen molar-refractivity contribution in [3.8, 4) is 5.75 Å². The molecule has 0 aliphatic heterocycles. The van der Waals surface area contributed by atoms with Crippen LogP contribution in [0, 0.1) is 0 Å². The molecule has 0 aliphatic carbocycles. The molecular weight excluding hydrogens is 406 g/mol. The van der Waals surface area contributed by atoms with E-state index in [0.717, 1.165) is 25.1 Å². The zero-order valence-electron chi connectivity index (χ0n) is 18.7. The molecule has 0 spiro atoms. The molecule has 0 unspecified atom stereocenters. The van der Waals surface area contributed by atoms with E-state index in [0.29, 0.717) is 16.3 Å². The summed E-state index contributed by atoms with van der Waals surface area (Å²) in [6, 6.07) is 14.1. The third-order valence-electron chi connectivity index (χ3n) is 5.16. The van der Waals surface area contributed by atoms with Gasteiger partial charge in [-0.05, 0) is 74.2 Å². The van der Waals surface area contributed by atoms with Gasteiger partial charge in [0.05, 0.1) is 5.56 Å². The number of allylic oxidation sites excluding steroid dienone is 2. The molecule has 2 rings (SSSR count). The second kappa shape index (κ2) is 15.5. The van der Waals surface area contributed by atoms with E-state index in [1.165, 1.54) is 51.4 Å². The zero-order valence-corrected chi connectivity index (χ0v) is 19.5. The molecule has 0 atom stereocenters. The van der Waals surface area contributed by atoms with Crippen LogP contribution in [0.25, 0.3) is 0 Å². The van der Waals surface area contributed by atoms with Crippen LogP contribution in [-0.4, -0.2) is 12.5 Å². The first kappa shape index (κ1) is 25.0. The zero-order chi connectivity index (χ0) is 22.2. The molecule has 0 aromatic heterocycles. The van der Waals surface area contributed by atoms with Gasteiger partial charge in [0.25, 0.3) is 0 Å². The minimum Gasteiger partial charge on any atom is -0.423 e. The van der Waals surface area contributed by atoms with E-state index in [-0.39, 0.29) is 5.97 Å². The van der Waals surface area contributed by atoms with Crippen molar-refractivity contribution in [1.29, 1.82) is 0 Å². The lowest BCUT2D eigenvalue weighted by atomic mass is 10.1. The maximum absolute atomic E-state index is 12.2. The number of ether oxygens (including phenoxy) is 1. The number of benzene rings is 2. The Morgan fingerprint density at radius 1 is 0.839 bits per heavy atom. The van der Waals surface area contributed by atoms with Gasteiger partial charge < -0.3 is 10.1 Å². The summed E-state index contributed by atoms with van der Waals surface area (Å²) in [5, 5.41) is 4.01. The first-order chi connectivity index (χ1) is 15.2. The minimum absolute atomic E-state index is 0.375. The highest BCUT2D eigenvalue weighted by Crippen LogP contribution is 2.18. The fourth-order valence-corrected chi connectivity index (χ4v) is 3.43. The quantitative estimate of drug-likeness (QED) is 0.130. The summed E-state index contributed by atoms with van der Waals surface area (Å²) in [5.74, 6) is 0.108. The number of nitrogens with one attached hydrogen (secondary N) is 1. The maximum atomic E-state index is 12.2. The van der Waals surface area contributed by atoms with Crippen LogP contribution in [0.3, 0.4) is 0 Å². The normalized spacial score (nSPS) is 11.0. The minimum atomic E-state index is -0.375. The summed E-state index contributed by atoms with van der Waals surface area (Å²) in [6.45, 7) is 3.18. The van der Waals surface area contributed by atoms with Crippen LogP contribution in [0.2, 0.25) is 5.02 Å². The number of anilines is 1. The van der Waals surface area contributed by atoms with Gasteiger partial charge >= 0.3 is 5.97 Å². The standard InChI is InChI=1S/C27H36ClNO2/c1-2-3-4-5-6-7-8-9-10-11-12-13-22-29-25-18-14-23(15-19-25)27(30)31-26-20-16-24(28)17-21-26/h10-11,14-21,29H,2-9,12-13,22H2,1H3. The largest absolute Gasteiger partial charge is 0.423 e. The molecule has 2 aromatic rings. The number of rotatable bonds is 15. The van der Waals surface area contributed by atoms with Crippen LogP contribution >= 0.6 is 11.6 Å². The van der Waals surface area contributed by atoms with Crippen LogP contribution in [0.4, 0.5) is 5.69 Å². The van der Waals surface area contributed by atoms with Crippen molar-refractivity contribution in [2.75, 3.05) is 11.9 Å². The molecule has 0 saturated heterocycles. The van der Waals surface area contributed by atoms with Crippen molar-refractivity contribution in [1.82, 2.24) is 0 Å². The predicted molar refractivity (Wildman–Crippen MR) is 132 cm³/mol. The molecule has 0 heterocycles. The van der Waals surface area contributed by atoms with Gasteiger partial charge in [0.15, 0.2) is 0 Å². The van der Waals surface area contributed by atoms with Gasteiger partial charge in [-0.25, -0.2) is 4.79 Å². The van der Waals surface area contributed by atoms with E-state index in [1.54, 1.807) is 36.4 Å². The number of hydrogen-bond donors (Lipinski definition) is 1. The Kier molecular flexibility index (Phi) is 12.5. The predicted octanol–water partition coefficient (Wildman–Crippen LogP) is 8.45. The lowest BCUT2D eigenvalue weighted by Gasteiger charge is -2.07. The summed E-state index contributed by atoms with van der Waals surface area (Å²) in [7, 11) is 0. The van der Waals surface area contributed by atoms with Gasteiger partial charge in [0.1, 0.15) is 5.75 Å². The van der Waals surface area contributed by atoms with Gasteiger partial charge in [-0.2, -0.15) is 0 Å². The van der Waals surface area contributed by atoms with Gasteiger partial charge in [0.2, 0.25) is 0 Å². The van der Waals surface area contributed by atoms with Crippen molar-refractivity contribution >= 4 is 23.3 Å². The van der Waals surface area contributed by atoms with Gasteiger partial charge in [-0.15, -0.1) is 0 Å².